The van der Waals surface area contributed by atoms with Crippen molar-refractivity contribution in [2.75, 3.05) is 7.11 Å². The average Bonchev–Trinajstić information content (AvgIpc) is 3.04. The number of hydrogen-bond acceptors (Lipinski definition) is 6. The van der Waals surface area contributed by atoms with Crippen molar-refractivity contribution in [1.29, 1.82) is 0 Å². The maximum absolute atomic E-state index is 13.2. The Morgan fingerprint density at radius 3 is 2.56 bits per heavy atom. The maximum atomic E-state index is 13.2. The molecular weight excluding hydrogens is 386 g/mol. The second kappa shape index (κ2) is 8.52. The van der Waals surface area contributed by atoms with Crippen LogP contribution in [0.15, 0.2) is 30.5 Å². The quantitative estimate of drug-likeness (QED) is 0.649. The highest BCUT2D eigenvalue weighted by Gasteiger charge is 2.19. The molecule has 0 atom stereocenters. The fraction of sp³-hybridized carbons (Fsp3) is 0.125. The van der Waals surface area contributed by atoms with Crippen molar-refractivity contribution in [1.82, 2.24) is 14.6 Å². The minimum atomic E-state index is -1.38. The van der Waals surface area contributed by atoms with Crippen molar-refractivity contribution >= 4 is 29.2 Å². The summed E-state index contributed by atoms with van der Waals surface area (Å²) in [5.41, 5.74) is 5.11. The molecule has 0 amide bonds. The molecule has 0 aliphatic heterocycles. The van der Waals surface area contributed by atoms with Crippen LogP contribution < -0.4 is 5.73 Å². The van der Waals surface area contributed by atoms with Crippen molar-refractivity contribution in [3.05, 3.63) is 64.1 Å². The molecule has 0 saturated heterocycles. The van der Waals surface area contributed by atoms with E-state index in [2.05, 4.69) is 14.8 Å². The van der Waals surface area contributed by atoms with Crippen molar-refractivity contribution in [3.8, 4) is 0 Å². The van der Waals surface area contributed by atoms with Crippen LogP contribution in [0.25, 0.3) is 5.65 Å². The first-order valence-corrected chi connectivity index (χ1v) is 7.66. The zero-order valence-electron chi connectivity index (χ0n) is 13.8. The van der Waals surface area contributed by atoms with Crippen LogP contribution in [0.4, 0.5) is 8.78 Å². The van der Waals surface area contributed by atoms with Gasteiger partial charge in [-0.1, -0.05) is 17.7 Å². The van der Waals surface area contributed by atoms with Gasteiger partial charge in [0.25, 0.3) is 0 Å². The highest BCUT2D eigenvalue weighted by Crippen LogP contribution is 2.15. The Hall–Kier alpha value is -3.11. The van der Waals surface area contributed by atoms with E-state index in [1.807, 2.05) is 0 Å². The molecule has 0 unspecified atom stereocenters. The van der Waals surface area contributed by atoms with Gasteiger partial charge in [0.15, 0.2) is 22.9 Å². The number of methoxy groups -OCH3 is 1. The molecule has 1 aromatic carbocycles. The number of nitrogens with two attached hydrogens (primary N) is 1. The Balaban J connectivity index is 0.000000223. The van der Waals surface area contributed by atoms with Gasteiger partial charge in [-0.15, -0.1) is 0 Å². The highest BCUT2D eigenvalue weighted by atomic mass is 35.5. The number of rotatable bonds is 3. The lowest BCUT2D eigenvalue weighted by Crippen LogP contribution is -2.13. The molecule has 11 heteroatoms. The van der Waals surface area contributed by atoms with E-state index in [0.717, 1.165) is 29.5 Å². The summed E-state index contributed by atoms with van der Waals surface area (Å²) in [4.78, 5) is 25.7. The van der Waals surface area contributed by atoms with Crippen molar-refractivity contribution in [2.45, 2.75) is 6.54 Å². The Morgan fingerprint density at radius 1 is 1.30 bits per heavy atom. The van der Waals surface area contributed by atoms with E-state index in [1.54, 1.807) is 6.07 Å². The molecule has 0 aliphatic rings. The lowest BCUT2D eigenvalue weighted by Gasteiger charge is -2.03. The topological polar surface area (TPSA) is 120 Å². The third-order valence-corrected chi connectivity index (χ3v) is 3.55. The molecule has 27 heavy (non-hydrogen) atoms. The Kier molecular flexibility index (Phi) is 6.37. The molecule has 3 N–H and O–H groups in total. The van der Waals surface area contributed by atoms with Crippen molar-refractivity contribution in [2.24, 2.45) is 5.73 Å². The number of benzene rings is 1. The zero-order valence-corrected chi connectivity index (χ0v) is 14.6. The number of ether oxygens (including phenoxy) is 1. The van der Waals surface area contributed by atoms with Gasteiger partial charge in [0, 0.05) is 12.6 Å². The number of halogens is 3. The number of hydrogen-bond donors (Lipinski definition) is 2. The van der Waals surface area contributed by atoms with Gasteiger partial charge in [0.1, 0.15) is 5.82 Å². The van der Waals surface area contributed by atoms with Crippen LogP contribution in [0.5, 0.6) is 0 Å². The monoisotopic (exact) mass is 398 g/mol. The summed E-state index contributed by atoms with van der Waals surface area (Å²) in [6, 6.07) is 5.41. The Labute approximate surface area is 156 Å². The number of aromatic nitrogens is 3. The summed E-state index contributed by atoms with van der Waals surface area (Å²) in [6.07, 6.45) is 0.834. The molecule has 0 fully saturated rings. The number of fused-ring (bicyclic) bond motifs is 1. The number of nitrogens with zero attached hydrogens (tertiary/aromatic N) is 3. The Morgan fingerprint density at radius 2 is 2.00 bits per heavy atom. The van der Waals surface area contributed by atoms with Gasteiger partial charge in [-0.2, -0.15) is 5.10 Å². The molecule has 0 spiro atoms. The van der Waals surface area contributed by atoms with Crippen molar-refractivity contribution < 1.29 is 28.2 Å². The second-order valence-corrected chi connectivity index (χ2v) is 5.41. The van der Waals surface area contributed by atoms with Crippen LogP contribution in [-0.4, -0.2) is 38.8 Å². The van der Waals surface area contributed by atoms with E-state index in [9.17, 15) is 18.4 Å². The zero-order chi connectivity index (χ0) is 20.1. The normalized spacial score (nSPS) is 10.3. The first-order chi connectivity index (χ1) is 12.8. The molecule has 2 heterocycles. The number of esters is 1. The number of carboxylic acid groups (broad SMARTS) is 1. The molecule has 142 valence electrons. The summed E-state index contributed by atoms with van der Waals surface area (Å²) in [6.45, 7) is 0.389. The van der Waals surface area contributed by atoms with Crippen LogP contribution >= 0.6 is 11.6 Å². The molecule has 0 bridgehead atoms. The first kappa shape index (κ1) is 20.2. The standard InChI is InChI=1S/C9H6FN3O4.C7H7ClFN/c1-17-9(16)6-2-5(8(14)15)12-7-4(10)3-11-13(6)7;8-6-3-5(4-10)1-2-7(6)9/h2-3H,1H3,(H,14,15);1-3H,4,10H2. The number of aromatic carboxylic acids is 1. The number of carbonyl (C=O) groups is 2. The van der Waals surface area contributed by atoms with E-state index in [0.29, 0.717) is 6.54 Å². The van der Waals surface area contributed by atoms with Crippen LogP contribution in [0.3, 0.4) is 0 Å². The van der Waals surface area contributed by atoms with E-state index < -0.39 is 29.3 Å². The molecule has 3 rings (SSSR count). The van der Waals surface area contributed by atoms with Crippen LogP contribution in [-0.2, 0) is 11.3 Å². The first-order valence-electron chi connectivity index (χ1n) is 7.28. The number of carboxylic acids is 1. The summed E-state index contributed by atoms with van der Waals surface area (Å²) in [7, 11) is 1.12. The van der Waals surface area contributed by atoms with Gasteiger partial charge >= 0.3 is 11.9 Å². The largest absolute Gasteiger partial charge is 0.477 e. The highest BCUT2D eigenvalue weighted by molar-refractivity contribution is 6.30. The van der Waals surface area contributed by atoms with Gasteiger partial charge in [0.2, 0.25) is 0 Å². The fourth-order valence-electron chi connectivity index (χ4n) is 1.96. The third-order valence-electron chi connectivity index (χ3n) is 3.26. The summed E-state index contributed by atoms with van der Waals surface area (Å²) >= 11 is 5.46. The fourth-order valence-corrected chi connectivity index (χ4v) is 2.17. The van der Waals surface area contributed by atoms with Gasteiger partial charge < -0.3 is 15.6 Å². The van der Waals surface area contributed by atoms with Crippen LogP contribution in [0, 0.1) is 11.6 Å². The average molecular weight is 399 g/mol. The predicted octanol–water partition coefficient (Wildman–Crippen LogP) is 2.29. The maximum Gasteiger partial charge on any atom is 0.356 e. The van der Waals surface area contributed by atoms with Crippen molar-refractivity contribution in [3.63, 3.8) is 0 Å². The summed E-state index contributed by atoms with van der Waals surface area (Å²) in [5, 5.41) is 12.5. The van der Waals surface area contributed by atoms with Gasteiger partial charge in [-0.3, -0.25) is 0 Å². The van der Waals surface area contributed by atoms with E-state index >= 15 is 0 Å². The van der Waals surface area contributed by atoms with E-state index in [-0.39, 0.29) is 16.4 Å². The minimum absolute atomic E-state index is 0.128. The molecule has 8 nitrogen and oxygen atoms in total. The van der Waals surface area contributed by atoms with E-state index in [4.69, 9.17) is 22.4 Å². The van der Waals surface area contributed by atoms with Crippen LogP contribution in [0.2, 0.25) is 5.02 Å². The molecule has 0 saturated carbocycles. The van der Waals surface area contributed by atoms with Gasteiger partial charge in [0.05, 0.1) is 18.3 Å². The lowest BCUT2D eigenvalue weighted by molar-refractivity contribution is 0.0590. The second-order valence-electron chi connectivity index (χ2n) is 5.00. The molecule has 2 aromatic heterocycles. The number of carbonyl (C=O) groups excluding carboxylic acids is 1. The summed E-state index contributed by atoms with van der Waals surface area (Å²) in [5.74, 6) is -3.43. The molecule has 0 radical (unpaired) electrons. The van der Waals surface area contributed by atoms with Gasteiger partial charge in [-0.05, 0) is 17.7 Å². The molecule has 3 aromatic rings. The third kappa shape index (κ3) is 4.54. The lowest BCUT2D eigenvalue weighted by atomic mass is 10.2. The smallest absolute Gasteiger partial charge is 0.356 e. The van der Waals surface area contributed by atoms with Gasteiger partial charge in [-0.25, -0.2) is 27.9 Å². The molecular formula is C16H13ClF2N4O4. The summed E-state index contributed by atoms with van der Waals surface area (Å²) < 4.78 is 31.0. The van der Waals surface area contributed by atoms with E-state index in [1.165, 1.54) is 12.1 Å². The minimum Gasteiger partial charge on any atom is -0.477 e. The molecule has 0 aliphatic carbocycles. The SMILES string of the molecule is COC(=O)c1cc(C(=O)O)nc2c(F)cnn12.NCc1ccc(F)c(Cl)c1. The van der Waals surface area contributed by atoms with Crippen LogP contribution in [0.1, 0.15) is 26.5 Å². The predicted molar refractivity (Wildman–Crippen MR) is 90.5 cm³/mol. The Bertz CT molecular complexity index is 1010.